The van der Waals surface area contributed by atoms with Gasteiger partial charge < -0.3 is 9.64 Å². The Labute approximate surface area is 111 Å². The average Bonchev–Trinajstić information content (AvgIpc) is 2.45. The fourth-order valence-corrected chi connectivity index (χ4v) is 1.87. The van der Waals surface area contributed by atoms with Crippen LogP contribution >= 0.6 is 0 Å². The van der Waals surface area contributed by atoms with Gasteiger partial charge in [0.05, 0.1) is 7.11 Å². The number of nitrogens with zero attached hydrogens (tertiary/aromatic N) is 1. The number of benzene rings is 2. The monoisotopic (exact) mass is 257 g/mol. The van der Waals surface area contributed by atoms with Crippen LogP contribution in [0.3, 0.4) is 0 Å². The fourth-order valence-electron chi connectivity index (χ4n) is 1.87. The Balaban J connectivity index is 2.23. The lowest BCUT2D eigenvalue weighted by atomic mass is 10.1. The molecule has 0 atom stereocenters. The van der Waals surface area contributed by atoms with Gasteiger partial charge in [-0.2, -0.15) is 0 Å². The molecule has 1 amide bonds. The molecule has 0 aliphatic rings. The molecular formula is C15H15NO3. The summed E-state index contributed by atoms with van der Waals surface area (Å²) >= 11 is 0. The van der Waals surface area contributed by atoms with Crippen molar-refractivity contribution in [1.82, 2.24) is 4.90 Å². The number of esters is 1. The molecule has 0 spiro atoms. The molecule has 0 N–H and O–H groups in total. The molecule has 0 unspecified atom stereocenters. The van der Waals surface area contributed by atoms with Crippen LogP contribution in [-0.4, -0.2) is 37.5 Å². The number of amides is 1. The number of hydrogen-bond donors (Lipinski definition) is 0. The molecule has 98 valence electrons. The lowest BCUT2D eigenvalue weighted by molar-refractivity contribution is -0.141. The molecule has 2 aromatic rings. The number of likely N-dealkylation sites (N-methyl/N-ethyl adjacent to an activating group) is 1. The third-order valence-corrected chi connectivity index (χ3v) is 2.94. The molecule has 0 bridgehead atoms. The molecule has 0 aromatic heterocycles. The molecule has 4 heteroatoms. The van der Waals surface area contributed by atoms with Crippen LogP contribution in [0.15, 0.2) is 42.5 Å². The van der Waals surface area contributed by atoms with E-state index in [2.05, 4.69) is 4.74 Å². The zero-order valence-electron chi connectivity index (χ0n) is 10.9. The summed E-state index contributed by atoms with van der Waals surface area (Å²) in [6.45, 7) is -0.0534. The summed E-state index contributed by atoms with van der Waals surface area (Å²) in [6.07, 6.45) is 0. The first-order chi connectivity index (χ1) is 9.11. The van der Waals surface area contributed by atoms with Crippen molar-refractivity contribution in [1.29, 1.82) is 0 Å². The van der Waals surface area contributed by atoms with Crippen LogP contribution in [0, 0.1) is 0 Å². The second-order valence-electron chi connectivity index (χ2n) is 4.30. The maximum Gasteiger partial charge on any atom is 0.325 e. The van der Waals surface area contributed by atoms with Gasteiger partial charge in [0.2, 0.25) is 0 Å². The highest BCUT2D eigenvalue weighted by atomic mass is 16.5. The number of fused-ring (bicyclic) bond motifs is 1. The maximum absolute atomic E-state index is 12.2. The van der Waals surface area contributed by atoms with Gasteiger partial charge in [0.1, 0.15) is 6.54 Å². The molecule has 2 rings (SSSR count). The lowest BCUT2D eigenvalue weighted by Gasteiger charge is -2.15. The standard InChI is InChI=1S/C15H15NO3/c1-16(10-14(17)19-2)15(18)13-8-7-11-5-3-4-6-12(11)9-13/h3-9H,10H2,1-2H3. The average molecular weight is 257 g/mol. The summed E-state index contributed by atoms with van der Waals surface area (Å²) in [5.74, 6) is -0.632. The van der Waals surface area contributed by atoms with E-state index in [-0.39, 0.29) is 12.5 Å². The summed E-state index contributed by atoms with van der Waals surface area (Å²) in [5.41, 5.74) is 0.560. The van der Waals surface area contributed by atoms with E-state index in [4.69, 9.17) is 0 Å². The zero-order chi connectivity index (χ0) is 13.8. The van der Waals surface area contributed by atoms with Crippen molar-refractivity contribution >= 4 is 22.6 Å². The third-order valence-electron chi connectivity index (χ3n) is 2.94. The van der Waals surface area contributed by atoms with Crippen molar-refractivity contribution in [2.45, 2.75) is 0 Å². The Hall–Kier alpha value is -2.36. The van der Waals surface area contributed by atoms with E-state index in [9.17, 15) is 9.59 Å². The lowest BCUT2D eigenvalue weighted by Crippen LogP contribution is -2.32. The van der Waals surface area contributed by atoms with Crippen LogP contribution in [-0.2, 0) is 9.53 Å². The molecular weight excluding hydrogens is 242 g/mol. The SMILES string of the molecule is COC(=O)CN(C)C(=O)c1ccc2ccccc2c1. The minimum Gasteiger partial charge on any atom is -0.468 e. The van der Waals surface area contributed by atoms with Crippen molar-refractivity contribution in [3.05, 3.63) is 48.0 Å². The van der Waals surface area contributed by atoms with Crippen LogP contribution in [0.5, 0.6) is 0 Å². The third kappa shape index (κ3) is 2.91. The van der Waals surface area contributed by atoms with Gasteiger partial charge in [-0.25, -0.2) is 0 Å². The van der Waals surface area contributed by atoms with E-state index < -0.39 is 5.97 Å². The number of carbonyl (C=O) groups is 2. The van der Waals surface area contributed by atoms with Crippen molar-refractivity contribution in [2.75, 3.05) is 20.7 Å². The van der Waals surface area contributed by atoms with E-state index in [0.29, 0.717) is 5.56 Å². The normalized spacial score (nSPS) is 10.2. The largest absolute Gasteiger partial charge is 0.468 e. The molecule has 0 heterocycles. The molecule has 19 heavy (non-hydrogen) atoms. The Morgan fingerprint density at radius 2 is 1.79 bits per heavy atom. The molecule has 0 radical (unpaired) electrons. The quantitative estimate of drug-likeness (QED) is 0.791. The van der Waals surface area contributed by atoms with Crippen LogP contribution in [0.25, 0.3) is 10.8 Å². The molecule has 4 nitrogen and oxygen atoms in total. The van der Waals surface area contributed by atoms with Gasteiger partial charge in [-0.15, -0.1) is 0 Å². The Morgan fingerprint density at radius 3 is 2.47 bits per heavy atom. The summed E-state index contributed by atoms with van der Waals surface area (Å²) < 4.78 is 4.54. The van der Waals surface area contributed by atoms with E-state index in [1.165, 1.54) is 12.0 Å². The highest BCUT2D eigenvalue weighted by Gasteiger charge is 2.15. The van der Waals surface area contributed by atoms with Gasteiger partial charge in [-0.3, -0.25) is 9.59 Å². The van der Waals surface area contributed by atoms with Gasteiger partial charge in [0.15, 0.2) is 0 Å². The van der Waals surface area contributed by atoms with Gasteiger partial charge in [0.25, 0.3) is 5.91 Å². The number of methoxy groups -OCH3 is 1. The fraction of sp³-hybridized carbons (Fsp3) is 0.200. The van der Waals surface area contributed by atoms with Crippen LogP contribution in [0.1, 0.15) is 10.4 Å². The smallest absolute Gasteiger partial charge is 0.325 e. The molecule has 0 aliphatic heterocycles. The molecule has 0 aliphatic carbocycles. The summed E-state index contributed by atoms with van der Waals surface area (Å²) in [5, 5.41) is 2.08. The molecule has 0 fully saturated rings. The Morgan fingerprint density at radius 1 is 1.11 bits per heavy atom. The second-order valence-corrected chi connectivity index (χ2v) is 4.30. The number of rotatable bonds is 3. The topological polar surface area (TPSA) is 46.6 Å². The van der Waals surface area contributed by atoms with E-state index >= 15 is 0 Å². The Bertz CT molecular complexity index is 622. The molecule has 0 saturated heterocycles. The first-order valence-electron chi connectivity index (χ1n) is 5.93. The number of carbonyl (C=O) groups excluding carboxylic acids is 2. The number of ether oxygens (including phenoxy) is 1. The van der Waals surface area contributed by atoms with Crippen LogP contribution in [0.2, 0.25) is 0 Å². The zero-order valence-corrected chi connectivity index (χ0v) is 10.9. The predicted octanol–water partition coefficient (Wildman–Crippen LogP) is 2.08. The summed E-state index contributed by atoms with van der Waals surface area (Å²) in [4.78, 5) is 24.7. The van der Waals surface area contributed by atoms with Crippen molar-refractivity contribution in [3.8, 4) is 0 Å². The highest BCUT2D eigenvalue weighted by Crippen LogP contribution is 2.16. The van der Waals surface area contributed by atoms with Crippen molar-refractivity contribution < 1.29 is 14.3 Å². The van der Waals surface area contributed by atoms with E-state index in [0.717, 1.165) is 10.8 Å². The van der Waals surface area contributed by atoms with Gasteiger partial charge in [-0.05, 0) is 22.9 Å². The van der Waals surface area contributed by atoms with Gasteiger partial charge in [-0.1, -0.05) is 30.3 Å². The van der Waals surface area contributed by atoms with E-state index in [1.807, 2.05) is 36.4 Å². The second kappa shape index (κ2) is 5.52. The van der Waals surface area contributed by atoms with Crippen molar-refractivity contribution in [3.63, 3.8) is 0 Å². The van der Waals surface area contributed by atoms with E-state index in [1.54, 1.807) is 13.1 Å². The first-order valence-corrected chi connectivity index (χ1v) is 5.93. The first kappa shape index (κ1) is 13.1. The van der Waals surface area contributed by atoms with Crippen LogP contribution < -0.4 is 0 Å². The maximum atomic E-state index is 12.2. The summed E-state index contributed by atoms with van der Waals surface area (Å²) in [6, 6.07) is 13.3. The van der Waals surface area contributed by atoms with Crippen molar-refractivity contribution in [2.24, 2.45) is 0 Å². The minimum atomic E-state index is -0.434. The number of hydrogen-bond acceptors (Lipinski definition) is 3. The van der Waals surface area contributed by atoms with Gasteiger partial charge >= 0.3 is 5.97 Å². The minimum absolute atomic E-state index is 0.0534. The predicted molar refractivity (Wildman–Crippen MR) is 72.9 cm³/mol. The van der Waals surface area contributed by atoms with Crippen LogP contribution in [0.4, 0.5) is 0 Å². The highest BCUT2D eigenvalue weighted by molar-refractivity contribution is 5.99. The Kier molecular flexibility index (Phi) is 3.80. The molecule has 0 saturated carbocycles. The van der Waals surface area contributed by atoms with Gasteiger partial charge in [0, 0.05) is 12.6 Å². The summed E-state index contributed by atoms with van der Waals surface area (Å²) in [7, 11) is 2.88. The molecule has 2 aromatic carbocycles.